The molecule has 23 heavy (non-hydrogen) atoms. The Morgan fingerprint density at radius 3 is 2.30 bits per heavy atom. The number of anilines is 1. The normalized spacial score (nSPS) is 11.4. The van der Waals surface area contributed by atoms with E-state index in [4.69, 9.17) is 0 Å². The Balaban J connectivity index is 2.25. The molecule has 0 aliphatic carbocycles. The van der Waals surface area contributed by atoms with Gasteiger partial charge < -0.3 is 16.0 Å². The molecule has 7 heteroatoms. The van der Waals surface area contributed by atoms with Crippen LogP contribution in [0.4, 0.5) is 5.69 Å². The number of thioether (sulfide) groups is 1. The molecule has 0 aromatic heterocycles. The van der Waals surface area contributed by atoms with Crippen LogP contribution in [0, 0.1) is 6.92 Å². The van der Waals surface area contributed by atoms with Crippen LogP contribution in [0.5, 0.6) is 0 Å². The van der Waals surface area contributed by atoms with Crippen LogP contribution in [-0.4, -0.2) is 41.8 Å². The van der Waals surface area contributed by atoms with E-state index in [9.17, 15) is 14.4 Å². The van der Waals surface area contributed by atoms with Crippen molar-refractivity contribution in [3.8, 4) is 0 Å². The number of likely N-dealkylation sites (N-methyl/N-ethyl adjacent to an activating group) is 1. The first kappa shape index (κ1) is 19.0. The molecule has 1 rings (SSSR count). The van der Waals surface area contributed by atoms with Crippen LogP contribution < -0.4 is 16.0 Å². The molecular weight excluding hydrogens is 314 g/mol. The first-order valence-corrected chi connectivity index (χ1v) is 8.59. The molecular formula is C16H23N3O3S. The molecule has 0 bridgehead atoms. The van der Waals surface area contributed by atoms with Gasteiger partial charge in [0.2, 0.25) is 17.7 Å². The van der Waals surface area contributed by atoms with E-state index in [1.807, 2.05) is 38.1 Å². The van der Waals surface area contributed by atoms with Crippen LogP contribution in [0.15, 0.2) is 24.3 Å². The van der Waals surface area contributed by atoms with Crippen LogP contribution in [0.2, 0.25) is 0 Å². The minimum Gasteiger partial charge on any atom is -0.355 e. The van der Waals surface area contributed by atoms with E-state index < -0.39 is 6.04 Å². The number of rotatable bonds is 8. The Labute approximate surface area is 140 Å². The molecule has 0 spiro atoms. The highest BCUT2D eigenvalue weighted by Gasteiger charge is 2.14. The second-order valence-corrected chi connectivity index (χ2v) is 6.08. The van der Waals surface area contributed by atoms with Gasteiger partial charge in [-0.05, 0) is 32.9 Å². The van der Waals surface area contributed by atoms with Crippen molar-refractivity contribution in [2.24, 2.45) is 0 Å². The van der Waals surface area contributed by atoms with Gasteiger partial charge in [0.1, 0.15) is 6.04 Å². The third kappa shape index (κ3) is 7.69. The van der Waals surface area contributed by atoms with Gasteiger partial charge in [-0.15, -0.1) is 11.8 Å². The van der Waals surface area contributed by atoms with E-state index in [1.54, 1.807) is 6.92 Å². The lowest BCUT2D eigenvalue weighted by atomic mass is 10.2. The van der Waals surface area contributed by atoms with E-state index in [1.165, 1.54) is 11.8 Å². The zero-order chi connectivity index (χ0) is 17.2. The predicted octanol–water partition coefficient (Wildman–Crippen LogP) is 1.31. The van der Waals surface area contributed by atoms with Crippen LogP contribution in [0.1, 0.15) is 19.4 Å². The average molecular weight is 337 g/mol. The summed E-state index contributed by atoms with van der Waals surface area (Å²) < 4.78 is 0. The zero-order valence-electron chi connectivity index (χ0n) is 13.6. The standard InChI is InChI=1S/C16H23N3O3S/c1-4-17-16(22)12(3)18-14(20)9-23-10-15(21)19-13-7-5-11(2)6-8-13/h5-8,12H,4,9-10H2,1-3H3,(H,17,22)(H,18,20)(H,19,21)/t12-/m0/s1. The van der Waals surface area contributed by atoms with Gasteiger partial charge in [-0.3, -0.25) is 14.4 Å². The van der Waals surface area contributed by atoms with Crippen LogP contribution >= 0.6 is 11.8 Å². The predicted molar refractivity (Wildman–Crippen MR) is 93.4 cm³/mol. The zero-order valence-corrected chi connectivity index (χ0v) is 14.5. The monoisotopic (exact) mass is 337 g/mol. The molecule has 1 aromatic carbocycles. The number of nitrogens with one attached hydrogen (secondary N) is 3. The SMILES string of the molecule is CCNC(=O)[C@H](C)NC(=O)CSCC(=O)Nc1ccc(C)cc1. The Bertz CT molecular complexity index is 546. The second kappa shape index (κ2) is 9.89. The molecule has 1 aromatic rings. The van der Waals surface area contributed by atoms with E-state index in [0.717, 1.165) is 11.3 Å². The van der Waals surface area contributed by atoms with Crippen LogP contribution in [-0.2, 0) is 14.4 Å². The van der Waals surface area contributed by atoms with Gasteiger partial charge in [-0.25, -0.2) is 0 Å². The molecule has 0 saturated heterocycles. The van der Waals surface area contributed by atoms with Gasteiger partial charge in [0, 0.05) is 12.2 Å². The van der Waals surface area contributed by atoms with Gasteiger partial charge >= 0.3 is 0 Å². The Morgan fingerprint density at radius 1 is 1.09 bits per heavy atom. The molecule has 0 radical (unpaired) electrons. The summed E-state index contributed by atoms with van der Waals surface area (Å²) in [5.41, 5.74) is 1.85. The Morgan fingerprint density at radius 2 is 1.70 bits per heavy atom. The fraction of sp³-hybridized carbons (Fsp3) is 0.438. The highest BCUT2D eigenvalue weighted by atomic mass is 32.2. The lowest BCUT2D eigenvalue weighted by Gasteiger charge is -2.13. The van der Waals surface area contributed by atoms with Gasteiger partial charge in [0.25, 0.3) is 0 Å². The summed E-state index contributed by atoms with van der Waals surface area (Å²) in [7, 11) is 0. The number of carbonyl (C=O) groups excluding carboxylic acids is 3. The summed E-state index contributed by atoms with van der Waals surface area (Å²) in [5.74, 6) is -0.342. The Hall–Kier alpha value is -2.02. The highest BCUT2D eigenvalue weighted by molar-refractivity contribution is 8.00. The van der Waals surface area contributed by atoms with Crippen molar-refractivity contribution in [3.63, 3.8) is 0 Å². The van der Waals surface area contributed by atoms with Crippen molar-refractivity contribution >= 4 is 35.2 Å². The fourth-order valence-electron chi connectivity index (χ4n) is 1.75. The number of hydrogen-bond acceptors (Lipinski definition) is 4. The van der Waals surface area contributed by atoms with Gasteiger partial charge in [-0.2, -0.15) is 0 Å². The molecule has 6 nitrogen and oxygen atoms in total. The number of hydrogen-bond donors (Lipinski definition) is 3. The summed E-state index contributed by atoms with van der Waals surface area (Å²) in [4.78, 5) is 35.0. The largest absolute Gasteiger partial charge is 0.355 e. The van der Waals surface area contributed by atoms with Crippen molar-refractivity contribution in [1.29, 1.82) is 0 Å². The second-order valence-electron chi connectivity index (χ2n) is 5.09. The van der Waals surface area contributed by atoms with Gasteiger partial charge in [-0.1, -0.05) is 17.7 Å². The maximum absolute atomic E-state index is 11.8. The number of amides is 3. The number of carbonyl (C=O) groups is 3. The topological polar surface area (TPSA) is 87.3 Å². The molecule has 3 N–H and O–H groups in total. The van der Waals surface area contributed by atoms with E-state index >= 15 is 0 Å². The average Bonchev–Trinajstić information content (AvgIpc) is 2.49. The molecule has 0 aliphatic rings. The molecule has 0 aliphatic heterocycles. The summed E-state index contributed by atoms with van der Waals surface area (Å²) in [6.07, 6.45) is 0. The lowest BCUT2D eigenvalue weighted by molar-refractivity contribution is -0.127. The minimum absolute atomic E-state index is 0.130. The molecule has 126 valence electrons. The van der Waals surface area contributed by atoms with Crippen molar-refractivity contribution in [3.05, 3.63) is 29.8 Å². The molecule has 0 fully saturated rings. The minimum atomic E-state index is -0.579. The molecule has 3 amide bonds. The maximum Gasteiger partial charge on any atom is 0.242 e. The summed E-state index contributed by atoms with van der Waals surface area (Å²) in [6.45, 7) is 5.93. The third-order valence-electron chi connectivity index (χ3n) is 2.92. The van der Waals surface area contributed by atoms with Crippen molar-refractivity contribution < 1.29 is 14.4 Å². The molecule has 0 heterocycles. The summed E-state index contributed by atoms with van der Waals surface area (Å²) >= 11 is 1.20. The smallest absolute Gasteiger partial charge is 0.242 e. The molecule has 0 unspecified atom stereocenters. The first-order chi connectivity index (χ1) is 10.9. The Kier molecular flexibility index (Phi) is 8.18. The number of aryl methyl sites for hydroxylation is 1. The fourth-order valence-corrected chi connectivity index (χ4v) is 2.37. The van der Waals surface area contributed by atoms with Crippen molar-refractivity contribution in [2.45, 2.75) is 26.8 Å². The molecule has 0 saturated carbocycles. The summed E-state index contributed by atoms with van der Waals surface area (Å²) in [6, 6.07) is 6.92. The van der Waals surface area contributed by atoms with Crippen molar-refractivity contribution in [1.82, 2.24) is 10.6 Å². The number of benzene rings is 1. The van der Waals surface area contributed by atoms with E-state index in [0.29, 0.717) is 6.54 Å². The lowest BCUT2D eigenvalue weighted by Crippen LogP contribution is -2.45. The highest BCUT2D eigenvalue weighted by Crippen LogP contribution is 2.09. The quantitative estimate of drug-likeness (QED) is 0.667. The van der Waals surface area contributed by atoms with E-state index in [2.05, 4.69) is 16.0 Å². The van der Waals surface area contributed by atoms with Crippen LogP contribution in [0.25, 0.3) is 0 Å². The molecule has 1 atom stereocenters. The third-order valence-corrected chi connectivity index (χ3v) is 3.86. The van der Waals surface area contributed by atoms with E-state index in [-0.39, 0.29) is 29.2 Å². The van der Waals surface area contributed by atoms with Gasteiger partial charge in [0.05, 0.1) is 11.5 Å². The first-order valence-electron chi connectivity index (χ1n) is 7.43. The summed E-state index contributed by atoms with van der Waals surface area (Å²) in [5, 5.41) is 7.99. The maximum atomic E-state index is 11.8. The van der Waals surface area contributed by atoms with Crippen LogP contribution in [0.3, 0.4) is 0 Å². The van der Waals surface area contributed by atoms with Gasteiger partial charge in [0.15, 0.2) is 0 Å². The van der Waals surface area contributed by atoms with Crippen molar-refractivity contribution in [2.75, 3.05) is 23.4 Å².